The molecule has 0 amide bonds. The Morgan fingerprint density at radius 1 is 1.03 bits per heavy atom. The third kappa shape index (κ3) is 4.80. The number of aromatic hydroxyl groups is 1. The molecule has 34 heavy (non-hydrogen) atoms. The Balaban J connectivity index is 1.67. The van der Waals surface area contributed by atoms with E-state index in [1.54, 1.807) is 18.2 Å². The van der Waals surface area contributed by atoms with Gasteiger partial charge in [0.15, 0.2) is 11.5 Å². The highest BCUT2D eigenvalue weighted by atomic mass is 16.5. The van der Waals surface area contributed by atoms with Crippen LogP contribution in [0.1, 0.15) is 21.6 Å². The van der Waals surface area contributed by atoms with E-state index in [4.69, 9.17) is 20.6 Å². The summed E-state index contributed by atoms with van der Waals surface area (Å²) < 4.78 is 13.3. The summed E-state index contributed by atoms with van der Waals surface area (Å²) in [4.78, 5) is 20.4. The van der Waals surface area contributed by atoms with E-state index in [0.717, 1.165) is 17.1 Å². The Morgan fingerprint density at radius 2 is 1.76 bits per heavy atom. The van der Waals surface area contributed by atoms with E-state index in [0.29, 0.717) is 11.3 Å². The molecule has 2 aromatic heterocycles. The van der Waals surface area contributed by atoms with Crippen molar-refractivity contribution in [3.8, 4) is 40.4 Å². The molecule has 0 aliphatic carbocycles. The van der Waals surface area contributed by atoms with E-state index < -0.39 is 5.97 Å². The first-order chi connectivity index (χ1) is 16.2. The smallest absolute Gasteiger partial charge is 0.336 e. The van der Waals surface area contributed by atoms with Gasteiger partial charge in [-0.05, 0) is 37.3 Å². The number of carboxylic acid groups (broad SMARTS) is 1. The van der Waals surface area contributed by atoms with E-state index in [1.807, 2.05) is 30.8 Å². The van der Waals surface area contributed by atoms with Crippen molar-refractivity contribution < 1.29 is 24.5 Å². The number of nitrogens with two attached hydrogens (primary N) is 1. The number of hydrogen-bond acceptors (Lipinski definition) is 7. The molecule has 0 bridgehead atoms. The zero-order chi connectivity index (χ0) is 24.4. The Hall–Kier alpha value is -4.86. The minimum atomic E-state index is -1.21. The fraction of sp³-hybridized carbons (Fsp3) is 0.0833. The van der Waals surface area contributed by atoms with Crippen molar-refractivity contribution in [1.82, 2.24) is 14.5 Å². The number of carbonyl (C=O) groups is 1. The van der Waals surface area contributed by atoms with Crippen LogP contribution < -0.4 is 15.2 Å². The van der Waals surface area contributed by atoms with E-state index in [2.05, 4.69) is 9.97 Å². The topological polar surface area (TPSA) is 157 Å². The average Bonchev–Trinajstić information content (AvgIpc) is 3.13. The molecular formula is C24H21N5O5. The zero-order valence-electron chi connectivity index (χ0n) is 18.3. The minimum Gasteiger partial charge on any atom is -0.504 e. The van der Waals surface area contributed by atoms with Gasteiger partial charge in [-0.1, -0.05) is 12.1 Å². The summed E-state index contributed by atoms with van der Waals surface area (Å²) in [5.74, 6) is -0.679. The number of aromatic nitrogens is 3. The summed E-state index contributed by atoms with van der Waals surface area (Å²) in [6.45, 7) is 1.90. The number of pyridine rings is 1. The molecule has 0 fully saturated rings. The van der Waals surface area contributed by atoms with Crippen molar-refractivity contribution in [2.24, 2.45) is 12.8 Å². The molecule has 0 atom stereocenters. The Kier molecular flexibility index (Phi) is 5.88. The molecule has 172 valence electrons. The standard InChI is InChI=1S/C24H21N5O5/c1-13-12-29(2)23(27-13)15-4-3-5-17(8-15)33-20-10-16(24(31)32)11-21(28-20)34-19-9-14(22(25)26)6-7-18(19)30/h3-12,30H,1-2H3,(H3,25,26)(H,31,32). The first-order valence-corrected chi connectivity index (χ1v) is 10.1. The van der Waals surface area contributed by atoms with E-state index >= 15 is 0 Å². The molecule has 4 aromatic rings. The van der Waals surface area contributed by atoms with Gasteiger partial charge in [0.05, 0.1) is 11.3 Å². The van der Waals surface area contributed by atoms with Gasteiger partial charge in [0.2, 0.25) is 11.8 Å². The van der Waals surface area contributed by atoms with Crippen molar-refractivity contribution >= 4 is 11.8 Å². The number of phenols is 1. The van der Waals surface area contributed by atoms with E-state index in [9.17, 15) is 15.0 Å². The number of phenolic OH excluding ortho intramolecular Hbond substituents is 1. The second kappa shape index (κ2) is 8.94. The molecule has 2 aromatic carbocycles. The van der Waals surface area contributed by atoms with Crippen LogP contribution in [0.5, 0.6) is 29.0 Å². The van der Waals surface area contributed by atoms with Gasteiger partial charge in [0.25, 0.3) is 0 Å². The predicted octanol–water partition coefficient (Wildman–Crippen LogP) is 4.06. The Morgan fingerprint density at radius 3 is 2.41 bits per heavy atom. The van der Waals surface area contributed by atoms with Crippen LogP contribution in [0.4, 0.5) is 0 Å². The fourth-order valence-electron chi connectivity index (χ4n) is 3.29. The van der Waals surface area contributed by atoms with Gasteiger partial charge in [0, 0.05) is 36.5 Å². The Bertz CT molecular complexity index is 1410. The molecule has 0 saturated heterocycles. The van der Waals surface area contributed by atoms with Crippen LogP contribution in [0.15, 0.2) is 60.8 Å². The molecular weight excluding hydrogens is 438 g/mol. The second-order valence-corrected chi connectivity index (χ2v) is 7.48. The molecule has 0 radical (unpaired) electrons. The maximum Gasteiger partial charge on any atom is 0.336 e. The molecule has 2 heterocycles. The van der Waals surface area contributed by atoms with Gasteiger partial charge in [-0.25, -0.2) is 9.78 Å². The largest absolute Gasteiger partial charge is 0.504 e. The van der Waals surface area contributed by atoms with Crippen molar-refractivity contribution in [1.29, 1.82) is 5.41 Å². The highest BCUT2D eigenvalue weighted by Crippen LogP contribution is 2.33. The third-order valence-corrected chi connectivity index (χ3v) is 4.82. The zero-order valence-corrected chi connectivity index (χ0v) is 18.3. The molecule has 5 N–H and O–H groups in total. The van der Waals surface area contributed by atoms with Crippen LogP contribution in [0.25, 0.3) is 11.4 Å². The molecule has 0 spiro atoms. The van der Waals surface area contributed by atoms with Crippen LogP contribution in [0.2, 0.25) is 0 Å². The van der Waals surface area contributed by atoms with Gasteiger partial charge < -0.3 is 30.0 Å². The number of aromatic carboxylic acids is 1. The SMILES string of the molecule is Cc1cn(C)c(-c2cccc(Oc3cc(C(=O)O)cc(Oc4cc(C(=N)N)ccc4O)n3)c2)n1. The van der Waals surface area contributed by atoms with Gasteiger partial charge in [-0.2, -0.15) is 4.98 Å². The van der Waals surface area contributed by atoms with Gasteiger partial charge in [0.1, 0.15) is 17.4 Å². The number of nitrogens with one attached hydrogen (secondary N) is 1. The quantitative estimate of drug-likeness (QED) is 0.238. The highest BCUT2D eigenvalue weighted by molar-refractivity contribution is 5.95. The number of nitrogen functional groups attached to an aromatic ring is 1. The molecule has 4 rings (SSSR count). The van der Waals surface area contributed by atoms with Crippen LogP contribution >= 0.6 is 0 Å². The maximum absolute atomic E-state index is 11.7. The summed E-state index contributed by atoms with van der Waals surface area (Å²) in [5, 5.41) is 27.2. The van der Waals surface area contributed by atoms with E-state index in [1.165, 1.54) is 30.3 Å². The number of ether oxygens (including phenoxy) is 2. The lowest BCUT2D eigenvalue weighted by Gasteiger charge is -2.12. The van der Waals surface area contributed by atoms with Crippen molar-refractivity contribution in [2.75, 3.05) is 0 Å². The number of aryl methyl sites for hydroxylation is 2. The molecule has 0 unspecified atom stereocenters. The van der Waals surface area contributed by atoms with Crippen molar-refractivity contribution in [2.45, 2.75) is 6.92 Å². The number of carboxylic acids is 1. The van der Waals surface area contributed by atoms with Crippen LogP contribution in [-0.2, 0) is 7.05 Å². The first-order valence-electron chi connectivity index (χ1n) is 10.1. The monoisotopic (exact) mass is 459 g/mol. The molecule has 0 saturated carbocycles. The average molecular weight is 459 g/mol. The van der Waals surface area contributed by atoms with Crippen LogP contribution in [0.3, 0.4) is 0 Å². The summed E-state index contributed by atoms with van der Waals surface area (Å²) in [7, 11) is 1.89. The van der Waals surface area contributed by atoms with Crippen LogP contribution in [-0.4, -0.2) is 36.6 Å². The number of hydrogen-bond donors (Lipinski definition) is 4. The number of rotatable bonds is 7. The lowest BCUT2D eigenvalue weighted by Crippen LogP contribution is -2.10. The van der Waals surface area contributed by atoms with Gasteiger partial charge in [-0.15, -0.1) is 0 Å². The number of benzene rings is 2. The number of nitrogens with zero attached hydrogens (tertiary/aromatic N) is 3. The highest BCUT2D eigenvalue weighted by Gasteiger charge is 2.15. The lowest BCUT2D eigenvalue weighted by molar-refractivity contribution is 0.0696. The van der Waals surface area contributed by atoms with Gasteiger partial charge in [-0.3, -0.25) is 5.41 Å². The number of amidine groups is 1. The predicted molar refractivity (Wildman–Crippen MR) is 124 cm³/mol. The van der Waals surface area contributed by atoms with Crippen molar-refractivity contribution in [3.63, 3.8) is 0 Å². The first kappa shape index (κ1) is 22.3. The van der Waals surface area contributed by atoms with E-state index in [-0.39, 0.29) is 34.7 Å². The normalized spacial score (nSPS) is 10.6. The summed E-state index contributed by atoms with van der Waals surface area (Å²) in [6, 6.07) is 13.7. The molecule has 0 aliphatic heterocycles. The fourth-order valence-corrected chi connectivity index (χ4v) is 3.29. The van der Waals surface area contributed by atoms with Crippen molar-refractivity contribution in [3.05, 3.63) is 77.6 Å². The summed E-state index contributed by atoms with van der Waals surface area (Å²) in [5.41, 5.74) is 7.37. The summed E-state index contributed by atoms with van der Waals surface area (Å²) >= 11 is 0. The maximum atomic E-state index is 11.7. The summed E-state index contributed by atoms with van der Waals surface area (Å²) in [6.07, 6.45) is 1.90. The lowest BCUT2D eigenvalue weighted by atomic mass is 10.2. The van der Waals surface area contributed by atoms with Crippen LogP contribution in [0, 0.1) is 12.3 Å². The minimum absolute atomic E-state index is 0.0229. The van der Waals surface area contributed by atoms with Gasteiger partial charge >= 0.3 is 5.97 Å². The molecule has 10 nitrogen and oxygen atoms in total. The third-order valence-electron chi connectivity index (χ3n) is 4.82. The molecule has 0 aliphatic rings. The second-order valence-electron chi connectivity index (χ2n) is 7.48. The number of imidazole rings is 1. The Labute approximate surface area is 194 Å². The molecule has 10 heteroatoms.